The first-order chi connectivity index (χ1) is 5.84. The van der Waals surface area contributed by atoms with E-state index in [1.807, 2.05) is 6.08 Å². The van der Waals surface area contributed by atoms with E-state index in [1.165, 1.54) is 13.0 Å². The quantitative estimate of drug-likeness (QED) is 0.438. The van der Waals surface area contributed by atoms with Gasteiger partial charge in [0.1, 0.15) is 0 Å². The van der Waals surface area contributed by atoms with Crippen LogP contribution in [0.15, 0.2) is 12.7 Å². The van der Waals surface area contributed by atoms with Crippen molar-refractivity contribution in [1.82, 2.24) is 10.6 Å². The van der Waals surface area contributed by atoms with Gasteiger partial charge in [-0.3, -0.25) is 0 Å². The second-order valence-corrected chi connectivity index (χ2v) is 3.67. The minimum absolute atomic E-state index is 0.918. The van der Waals surface area contributed by atoms with Crippen LogP contribution >= 0.6 is 0 Å². The average Bonchev–Trinajstić information content (AvgIpc) is 2.74. The second-order valence-electron chi connectivity index (χ2n) is 3.67. The summed E-state index contributed by atoms with van der Waals surface area (Å²) in [5, 5.41) is 6.70. The Labute approximate surface area is 75.4 Å². The van der Waals surface area contributed by atoms with Crippen LogP contribution in [0.2, 0.25) is 0 Å². The molecule has 70 valence electrons. The molecule has 12 heavy (non-hydrogen) atoms. The first-order valence-corrected chi connectivity index (χ1v) is 4.87. The molecule has 2 nitrogen and oxygen atoms in total. The van der Waals surface area contributed by atoms with Gasteiger partial charge in [0.2, 0.25) is 0 Å². The molecule has 0 heterocycles. The number of hydrogen-bond donors (Lipinski definition) is 2. The molecular formula is C10H20N2. The molecular weight excluding hydrogens is 148 g/mol. The predicted molar refractivity (Wildman–Crippen MR) is 53.2 cm³/mol. The fourth-order valence-corrected chi connectivity index (χ4v) is 1.35. The number of hydrogen-bond acceptors (Lipinski definition) is 2. The summed E-state index contributed by atoms with van der Waals surface area (Å²) >= 11 is 0. The maximum atomic E-state index is 3.64. The molecule has 2 atom stereocenters. The molecule has 1 aliphatic carbocycles. The van der Waals surface area contributed by atoms with Gasteiger partial charge in [0.25, 0.3) is 0 Å². The van der Waals surface area contributed by atoms with Gasteiger partial charge in [-0.15, -0.1) is 6.58 Å². The van der Waals surface area contributed by atoms with E-state index in [1.54, 1.807) is 0 Å². The highest BCUT2D eigenvalue weighted by atomic mass is 14.9. The van der Waals surface area contributed by atoms with E-state index in [0.717, 1.165) is 31.5 Å². The Hall–Kier alpha value is -0.340. The molecule has 2 unspecified atom stereocenters. The van der Waals surface area contributed by atoms with Crippen LogP contribution in [0.4, 0.5) is 0 Å². The highest BCUT2D eigenvalue weighted by Gasteiger charge is 2.31. The van der Waals surface area contributed by atoms with E-state index in [0.29, 0.717) is 0 Å². The van der Waals surface area contributed by atoms with E-state index in [4.69, 9.17) is 0 Å². The third kappa shape index (κ3) is 3.88. The summed E-state index contributed by atoms with van der Waals surface area (Å²) in [6.45, 7) is 10.2. The van der Waals surface area contributed by atoms with Crippen molar-refractivity contribution in [1.29, 1.82) is 0 Å². The zero-order valence-electron chi connectivity index (χ0n) is 7.97. The summed E-state index contributed by atoms with van der Waals surface area (Å²) in [4.78, 5) is 0. The lowest BCUT2D eigenvalue weighted by Gasteiger charge is -2.03. The molecule has 1 aliphatic rings. The maximum absolute atomic E-state index is 3.64. The van der Waals surface area contributed by atoms with Gasteiger partial charge in [-0.2, -0.15) is 0 Å². The normalized spacial score (nSPS) is 27.1. The molecule has 0 radical (unpaired) electrons. The van der Waals surface area contributed by atoms with Crippen LogP contribution < -0.4 is 10.6 Å². The summed E-state index contributed by atoms with van der Waals surface area (Å²) in [6, 6.07) is 0. The van der Waals surface area contributed by atoms with Gasteiger partial charge in [-0.1, -0.05) is 13.0 Å². The highest BCUT2D eigenvalue weighted by Crippen LogP contribution is 2.36. The third-order valence-corrected chi connectivity index (χ3v) is 2.45. The van der Waals surface area contributed by atoms with E-state index < -0.39 is 0 Å². The van der Waals surface area contributed by atoms with Crippen molar-refractivity contribution in [2.75, 3.05) is 26.2 Å². The summed E-state index contributed by atoms with van der Waals surface area (Å²) in [7, 11) is 0. The lowest BCUT2D eigenvalue weighted by atomic mass is 10.3. The van der Waals surface area contributed by atoms with Gasteiger partial charge >= 0.3 is 0 Å². The van der Waals surface area contributed by atoms with Crippen molar-refractivity contribution >= 4 is 0 Å². The van der Waals surface area contributed by atoms with E-state index in [9.17, 15) is 0 Å². The van der Waals surface area contributed by atoms with E-state index >= 15 is 0 Å². The van der Waals surface area contributed by atoms with Crippen LogP contribution in [0.1, 0.15) is 13.3 Å². The lowest BCUT2D eigenvalue weighted by molar-refractivity contribution is 0.589. The molecule has 0 aromatic carbocycles. The number of rotatable bonds is 7. The fraction of sp³-hybridized carbons (Fsp3) is 0.800. The standard InChI is InChI=1S/C10H20N2/c1-3-4-11-5-6-12-8-10-7-9(10)2/h3,9-12H,1,4-8H2,2H3. The zero-order valence-corrected chi connectivity index (χ0v) is 7.97. The SMILES string of the molecule is C=CCNCCNCC1CC1C. The van der Waals surface area contributed by atoms with Crippen LogP contribution in [0.25, 0.3) is 0 Å². The molecule has 1 rings (SSSR count). The van der Waals surface area contributed by atoms with Crippen LogP contribution in [0.3, 0.4) is 0 Å². The maximum Gasteiger partial charge on any atom is 0.0132 e. The van der Waals surface area contributed by atoms with Gasteiger partial charge in [0.15, 0.2) is 0 Å². The molecule has 0 aromatic heterocycles. The monoisotopic (exact) mass is 168 g/mol. The minimum Gasteiger partial charge on any atom is -0.315 e. The van der Waals surface area contributed by atoms with Crippen molar-refractivity contribution in [3.8, 4) is 0 Å². The fourth-order valence-electron chi connectivity index (χ4n) is 1.35. The van der Waals surface area contributed by atoms with E-state index in [-0.39, 0.29) is 0 Å². The van der Waals surface area contributed by atoms with Crippen LogP contribution in [-0.2, 0) is 0 Å². The molecule has 2 heteroatoms. The Morgan fingerprint density at radius 3 is 2.67 bits per heavy atom. The average molecular weight is 168 g/mol. The molecule has 0 bridgehead atoms. The molecule has 0 amide bonds. The summed E-state index contributed by atoms with van der Waals surface area (Å²) < 4.78 is 0. The van der Waals surface area contributed by atoms with Crippen LogP contribution in [-0.4, -0.2) is 26.2 Å². The van der Waals surface area contributed by atoms with Crippen molar-refractivity contribution in [2.45, 2.75) is 13.3 Å². The largest absolute Gasteiger partial charge is 0.315 e. The highest BCUT2D eigenvalue weighted by molar-refractivity contribution is 4.83. The Kier molecular flexibility index (Phi) is 4.33. The summed E-state index contributed by atoms with van der Waals surface area (Å²) in [6.07, 6.45) is 3.32. The predicted octanol–water partition coefficient (Wildman–Crippen LogP) is 1.01. The first kappa shape index (κ1) is 9.75. The van der Waals surface area contributed by atoms with Gasteiger partial charge in [0.05, 0.1) is 0 Å². The molecule has 1 fully saturated rings. The first-order valence-electron chi connectivity index (χ1n) is 4.87. The molecule has 0 aliphatic heterocycles. The Bertz CT molecular complexity index is 134. The van der Waals surface area contributed by atoms with Crippen LogP contribution in [0, 0.1) is 11.8 Å². The molecule has 0 saturated heterocycles. The smallest absolute Gasteiger partial charge is 0.0132 e. The van der Waals surface area contributed by atoms with Gasteiger partial charge < -0.3 is 10.6 Å². The minimum atomic E-state index is 0.918. The molecule has 0 spiro atoms. The van der Waals surface area contributed by atoms with E-state index in [2.05, 4.69) is 24.1 Å². The molecule has 0 aromatic rings. The third-order valence-electron chi connectivity index (χ3n) is 2.45. The lowest BCUT2D eigenvalue weighted by Crippen LogP contribution is -2.28. The zero-order chi connectivity index (χ0) is 8.81. The topological polar surface area (TPSA) is 24.1 Å². The Morgan fingerprint density at radius 1 is 1.42 bits per heavy atom. The summed E-state index contributed by atoms with van der Waals surface area (Å²) in [5.74, 6) is 1.93. The number of nitrogens with one attached hydrogen (secondary N) is 2. The van der Waals surface area contributed by atoms with Crippen molar-refractivity contribution in [2.24, 2.45) is 11.8 Å². The van der Waals surface area contributed by atoms with Crippen molar-refractivity contribution < 1.29 is 0 Å². The van der Waals surface area contributed by atoms with Gasteiger partial charge in [-0.25, -0.2) is 0 Å². The van der Waals surface area contributed by atoms with Crippen molar-refractivity contribution in [3.05, 3.63) is 12.7 Å². The second kappa shape index (κ2) is 5.33. The molecule has 1 saturated carbocycles. The summed E-state index contributed by atoms with van der Waals surface area (Å²) in [5.41, 5.74) is 0. The van der Waals surface area contributed by atoms with Crippen LogP contribution in [0.5, 0.6) is 0 Å². The van der Waals surface area contributed by atoms with Gasteiger partial charge in [-0.05, 0) is 24.8 Å². The van der Waals surface area contributed by atoms with Gasteiger partial charge in [0, 0.05) is 19.6 Å². The Morgan fingerprint density at radius 2 is 2.08 bits per heavy atom. The Balaban J connectivity index is 1.74. The van der Waals surface area contributed by atoms with Crippen molar-refractivity contribution in [3.63, 3.8) is 0 Å². The molecule has 2 N–H and O–H groups in total.